The fourth-order valence-corrected chi connectivity index (χ4v) is 3.83. The highest BCUT2D eigenvalue weighted by Gasteiger charge is 2.35. The van der Waals surface area contributed by atoms with Gasteiger partial charge in [0, 0.05) is 24.2 Å². The molecule has 3 rings (SSSR count). The van der Waals surface area contributed by atoms with Crippen LogP contribution in [0.2, 0.25) is 0 Å². The second-order valence-electron chi connectivity index (χ2n) is 6.38. The molecule has 1 aromatic carbocycles. The third kappa shape index (κ3) is 3.60. The number of aromatic nitrogens is 1. The van der Waals surface area contributed by atoms with Gasteiger partial charge in [0.05, 0.1) is 11.6 Å². The van der Waals surface area contributed by atoms with Crippen molar-refractivity contribution in [2.45, 2.75) is 38.3 Å². The second kappa shape index (κ2) is 6.91. The number of aryl methyl sites for hydroxylation is 1. The van der Waals surface area contributed by atoms with Crippen LogP contribution in [0.3, 0.4) is 0 Å². The Morgan fingerprint density at radius 3 is 2.58 bits per heavy atom. The zero-order valence-electron chi connectivity index (χ0n) is 14.0. The zero-order chi connectivity index (χ0) is 17.2. The maximum Gasteiger partial charge on any atom is 0.317 e. The van der Waals surface area contributed by atoms with Crippen LogP contribution in [-0.2, 0) is 5.60 Å². The Balaban J connectivity index is 1.57. The molecule has 0 unspecified atom stereocenters. The first-order valence-electron chi connectivity index (χ1n) is 8.23. The van der Waals surface area contributed by atoms with Gasteiger partial charge in [-0.25, -0.2) is 9.78 Å². The van der Waals surface area contributed by atoms with Gasteiger partial charge in [0.25, 0.3) is 0 Å². The summed E-state index contributed by atoms with van der Waals surface area (Å²) in [5, 5.41) is 16.7. The maximum atomic E-state index is 12.4. The van der Waals surface area contributed by atoms with Gasteiger partial charge in [-0.05, 0) is 32.3 Å². The Hall–Kier alpha value is -1.92. The molecule has 1 aromatic heterocycles. The van der Waals surface area contributed by atoms with Gasteiger partial charge in [0.1, 0.15) is 5.01 Å². The summed E-state index contributed by atoms with van der Waals surface area (Å²) in [6, 6.07) is 9.51. The Kier molecular flexibility index (Phi) is 4.87. The van der Waals surface area contributed by atoms with E-state index in [1.54, 1.807) is 16.2 Å². The molecule has 0 aliphatic carbocycles. The van der Waals surface area contributed by atoms with Crippen molar-refractivity contribution in [1.29, 1.82) is 0 Å². The Morgan fingerprint density at radius 2 is 2.00 bits per heavy atom. The molecule has 1 fully saturated rings. The van der Waals surface area contributed by atoms with E-state index in [0.29, 0.717) is 25.9 Å². The van der Waals surface area contributed by atoms with Crippen molar-refractivity contribution in [3.63, 3.8) is 0 Å². The lowest BCUT2D eigenvalue weighted by Crippen LogP contribution is -2.49. The second-order valence-corrected chi connectivity index (χ2v) is 7.27. The van der Waals surface area contributed by atoms with E-state index in [1.807, 2.05) is 49.6 Å². The Labute approximate surface area is 146 Å². The molecular weight excluding hydrogens is 322 g/mol. The number of benzene rings is 1. The standard InChI is InChI=1S/C18H23N3O2S/c1-13-12-24-16(19-13)14(2)20-17(22)21-10-8-18(23,9-11-21)15-6-4-3-5-7-15/h3-7,12,14,23H,8-11H2,1-2H3,(H,20,22)/t14-/m1/s1. The van der Waals surface area contributed by atoms with Crippen LogP contribution in [0.25, 0.3) is 0 Å². The van der Waals surface area contributed by atoms with Gasteiger partial charge in [0.2, 0.25) is 0 Å². The molecule has 2 aromatic rings. The van der Waals surface area contributed by atoms with E-state index in [9.17, 15) is 9.90 Å². The third-order valence-electron chi connectivity index (χ3n) is 4.54. The lowest BCUT2D eigenvalue weighted by atomic mass is 9.84. The summed E-state index contributed by atoms with van der Waals surface area (Å²) in [5.41, 5.74) is 1.06. The van der Waals surface area contributed by atoms with E-state index in [4.69, 9.17) is 0 Å². The summed E-state index contributed by atoms with van der Waals surface area (Å²) < 4.78 is 0. The topological polar surface area (TPSA) is 65.5 Å². The van der Waals surface area contributed by atoms with Crippen LogP contribution >= 0.6 is 11.3 Å². The molecule has 0 radical (unpaired) electrons. The van der Waals surface area contributed by atoms with Crippen molar-refractivity contribution in [1.82, 2.24) is 15.2 Å². The zero-order valence-corrected chi connectivity index (χ0v) is 14.8. The molecule has 0 bridgehead atoms. The fraction of sp³-hybridized carbons (Fsp3) is 0.444. The molecule has 0 saturated carbocycles. The molecule has 1 saturated heterocycles. The van der Waals surface area contributed by atoms with Crippen LogP contribution in [0.4, 0.5) is 4.79 Å². The SMILES string of the molecule is Cc1csc([C@@H](C)NC(=O)N2CCC(O)(c3ccccc3)CC2)n1. The molecule has 24 heavy (non-hydrogen) atoms. The third-order valence-corrected chi connectivity index (χ3v) is 5.68. The van der Waals surface area contributed by atoms with Crippen molar-refractivity contribution in [3.8, 4) is 0 Å². The lowest BCUT2D eigenvalue weighted by Gasteiger charge is -2.38. The van der Waals surface area contributed by atoms with E-state index in [2.05, 4.69) is 10.3 Å². The van der Waals surface area contributed by atoms with Crippen LogP contribution in [0, 0.1) is 6.92 Å². The largest absolute Gasteiger partial charge is 0.385 e. The minimum atomic E-state index is -0.837. The van der Waals surface area contributed by atoms with Gasteiger partial charge in [0.15, 0.2) is 0 Å². The molecular formula is C18H23N3O2S. The van der Waals surface area contributed by atoms with E-state index in [1.165, 1.54) is 0 Å². The van der Waals surface area contributed by atoms with Crippen LogP contribution in [0.15, 0.2) is 35.7 Å². The van der Waals surface area contributed by atoms with Crippen molar-refractivity contribution >= 4 is 17.4 Å². The minimum absolute atomic E-state index is 0.0922. The number of rotatable bonds is 3. The van der Waals surface area contributed by atoms with E-state index >= 15 is 0 Å². The van der Waals surface area contributed by atoms with E-state index in [0.717, 1.165) is 16.3 Å². The van der Waals surface area contributed by atoms with Gasteiger partial charge in [-0.1, -0.05) is 30.3 Å². The van der Waals surface area contributed by atoms with Crippen molar-refractivity contribution in [2.75, 3.05) is 13.1 Å². The highest BCUT2D eigenvalue weighted by molar-refractivity contribution is 7.09. The number of carbonyl (C=O) groups is 1. The van der Waals surface area contributed by atoms with Gasteiger partial charge in [-0.15, -0.1) is 11.3 Å². The average molecular weight is 345 g/mol. The molecule has 5 nitrogen and oxygen atoms in total. The van der Waals surface area contributed by atoms with E-state index in [-0.39, 0.29) is 12.1 Å². The van der Waals surface area contributed by atoms with Crippen LogP contribution in [0.5, 0.6) is 0 Å². The smallest absolute Gasteiger partial charge is 0.317 e. The molecule has 1 atom stereocenters. The number of nitrogens with one attached hydrogen (secondary N) is 1. The molecule has 2 heterocycles. The molecule has 1 aliphatic heterocycles. The quantitative estimate of drug-likeness (QED) is 0.898. The number of carbonyl (C=O) groups excluding carboxylic acids is 1. The predicted octanol–water partition coefficient (Wildman–Crippen LogP) is 3.21. The summed E-state index contributed by atoms with van der Waals surface area (Å²) in [4.78, 5) is 18.6. The Bertz CT molecular complexity index is 693. The van der Waals surface area contributed by atoms with Gasteiger partial charge < -0.3 is 15.3 Å². The van der Waals surface area contributed by atoms with Gasteiger partial charge in [-0.3, -0.25) is 0 Å². The normalized spacial score (nSPS) is 18.2. The molecule has 1 aliphatic rings. The summed E-state index contributed by atoms with van der Waals surface area (Å²) >= 11 is 1.56. The minimum Gasteiger partial charge on any atom is -0.385 e. The molecule has 2 N–H and O–H groups in total. The summed E-state index contributed by atoms with van der Waals surface area (Å²) in [6.45, 7) is 4.98. The van der Waals surface area contributed by atoms with Gasteiger partial charge >= 0.3 is 6.03 Å². The predicted molar refractivity (Wildman–Crippen MR) is 94.9 cm³/mol. The number of likely N-dealkylation sites (tertiary alicyclic amines) is 1. The highest BCUT2D eigenvalue weighted by Crippen LogP contribution is 2.32. The van der Waals surface area contributed by atoms with Crippen molar-refractivity contribution in [3.05, 3.63) is 52.0 Å². The number of hydrogen-bond donors (Lipinski definition) is 2. The van der Waals surface area contributed by atoms with Gasteiger partial charge in [-0.2, -0.15) is 0 Å². The molecule has 128 valence electrons. The lowest BCUT2D eigenvalue weighted by molar-refractivity contribution is -0.0169. The van der Waals surface area contributed by atoms with Crippen molar-refractivity contribution < 1.29 is 9.90 Å². The summed E-state index contributed by atoms with van der Waals surface area (Å²) in [5.74, 6) is 0. The first kappa shape index (κ1) is 16.9. The summed E-state index contributed by atoms with van der Waals surface area (Å²) in [7, 11) is 0. The Morgan fingerprint density at radius 1 is 1.33 bits per heavy atom. The highest BCUT2D eigenvalue weighted by atomic mass is 32.1. The maximum absolute atomic E-state index is 12.4. The number of urea groups is 1. The average Bonchev–Trinajstić information content (AvgIpc) is 3.03. The van der Waals surface area contributed by atoms with Crippen LogP contribution < -0.4 is 5.32 Å². The van der Waals surface area contributed by atoms with Crippen LogP contribution in [0.1, 0.15) is 42.1 Å². The molecule has 0 spiro atoms. The van der Waals surface area contributed by atoms with Crippen molar-refractivity contribution in [2.24, 2.45) is 0 Å². The first-order chi connectivity index (χ1) is 11.5. The van der Waals surface area contributed by atoms with Crippen LogP contribution in [-0.4, -0.2) is 34.1 Å². The number of thiazole rings is 1. The number of aliphatic hydroxyl groups is 1. The number of piperidine rings is 1. The monoisotopic (exact) mass is 345 g/mol. The molecule has 6 heteroatoms. The number of amides is 2. The first-order valence-corrected chi connectivity index (χ1v) is 9.11. The fourth-order valence-electron chi connectivity index (χ4n) is 3.03. The number of nitrogens with zero attached hydrogens (tertiary/aromatic N) is 2. The van der Waals surface area contributed by atoms with E-state index < -0.39 is 5.60 Å². The number of hydrogen-bond acceptors (Lipinski definition) is 4. The summed E-state index contributed by atoms with van der Waals surface area (Å²) in [6.07, 6.45) is 1.10. The molecule has 2 amide bonds.